The van der Waals surface area contributed by atoms with Crippen LogP contribution in [0.5, 0.6) is 0 Å². The van der Waals surface area contributed by atoms with Crippen molar-refractivity contribution in [2.24, 2.45) is 0 Å². The topological polar surface area (TPSA) is 69.6 Å². The van der Waals surface area contributed by atoms with Gasteiger partial charge in [-0.25, -0.2) is 0 Å². The third kappa shape index (κ3) is 3.90. The van der Waals surface area contributed by atoms with E-state index in [2.05, 4.69) is 27.9 Å². The van der Waals surface area contributed by atoms with Gasteiger partial charge in [-0.1, -0.05) is 6.07 Å². The van der Waals surface area contributed by atoms with Crippen molar-refractivity contribution in [3.63, 3.8) is 0 Å². The van der Waals surface area contributed by atoms with Gasteiger partial charge in [-0.05, 0) is 60.2 Å². The average molecular weight is 374 g/mol. The summed E-state index contributed by atoms with van der Waals surface area (Å²) in [6.45, 7) is 0.791. The van der Waals surface area contributed by atoms with E-state index < -0.39 is 12.0 Å². The number of rotatable bonds is 4. The minimum atomic E-state index is -0.848. The van der Waals surface area contributed by atoms with Crippen molar-refractivity contribution in [3.05, 3.63) is 27.8 Å². The fourth-order valence-corrected chi connectivity index (χ4v) is 2.79. The smallest absolute Gasteiger partial charge is 0.320 e. The molecule has 1 aliphatic rings. The fourth-order valence-electron chi connectivity index (χ4n) is 2.25. The first-order valence-electron chi connectivity index (χ1n) is 6.08. The van der Waals surface area contributed by atoms with E-state index in [1.807, 2.05) is 24.3 Å². The second-order valence-corrected chi connectivity index (χ2v) is 5.77. The van der Waals surface area contributed by atoms with Crippen molar-refractivity contribution < 1.29 is 14.7 Å². The molecule has 0 aromatic heterocycles. The fraction of sp³-hybridized carbons (Fsp3) is 0.385. The van der Waals surface area contributed by atoms with Crippen molar-refractivity contribution in [2.75, 3.05) is 18.4 Å². The predicted molar refractivity (Wildman–Crippen MR) is 80.0 cm³/mol. The summed E-state index contributed by atoms with van der Waals surface area (Å²) in [5.41, 5.74) is 0.739. The molecular weight excluding hydrogens is 359 g/mol. The Morgan fingerprint density at radius 3 is 2.95 bits per heavy atom. The van der Waals surface area contributed by atoms with Crippen LogP contribution in [-0.2, 0) is 9.59 Å². The van der Waals surface area contributed by atoms with Crippen LogP contribution in [0.2, 0.25) is 0 Å². The highest BCUT2D eigenvalue weighted by molar-refractivity contribution is 14.1. The van der Waals surface area contributed by atoms with Gasteiger partial charge in [0.1, 0.15) is 6.04 Å². The van der Waals surface area contributed by atoms with Crippen molar-refractivity contribution in [3.8, 4) is 0 Å². The van der Waals surface area contributed by atoms with Gasteiger partial charge in [-0.15, -0.1) is 0 Å². The van der Waals surface area contributed by atoms with Crippen molar-refractivity contribution >= 4 is 40.2 Å². The molecule has 0 radical (unpaired) electrons. The van der Waals surface area contributed by atoms with E-state index in [0.717, 1.165) is 15.7 Å². The van der Waals surface area contributed by atoms with E-state index in [9.17, 15) is 9.59 Å². The predicted octanol–water partition coefficient (Wildman–Crippen LogP) is 1.78. The van der Waals surface area contributed by atoms with Gasteiger partial charge in [0, 0.05) is 9.26 Å². The maximum Gasteiger partial charge on any atom is 0.320 e. The quantitative estimate of drug-likeness (QED) is 0.789. The number of carbonyl (C=O) groups excluding carboxylic acids is 1. The normalized spacial score (nSPS) is 19.3. The zero-order valence-electron chi connectivity index (χ0n) is 10.3. The molecule has 0 bridgehead atoms. The number of carbonyl (C=O) groups is 2. The lowest BCUT2D eigenvalue weighted by atomic mass is 10.2. The zero-order valence-corrected chi connectivity index (χ0v) is 12.5. The Kier molecular flexibility index (Phi) is 4.76. The second-order valence-electron chi connectivity index (χ2n) is 4.53. The highest BCUT2D eigenvalue weighted by Crippen LogP contribution is 2.17. The molecule has 1 aromatic carbocycles. The van der Waals surface area contributed by atoms with E-state index in [-0.39, 0.29) is 12.5 Å². The van der Waals surface area contributed by atoms with Gasteiger partial charge < -0.3 is 10.4 Å². The van der Waals surface area contributed by atoms with Gasteiger partial charge in [-0.2, -0.15) is 0 Å². The summed E-state index contributed by atoms with van der Waals surface area (Å²) in [4.78, 5) is 24.6. The van der Waals surface area contributed by atoms with Gasteiger partial charge in [0.15, 0.2) is 0 Å². The van der Waals surface area contributed by atoms with E-state index in [1.54, 1.807) is 4.90 Å². The minimum Gasteiger partial charge on any atom is -0.480 e. The van der Waals surface area contributed by atoms with Crippen molar-refractivity contribution in [1.29, 1.82) is 0 Å². The Morgan fingerprint density at radius 2 is 2.26 bits per heavy atom. The average Bonchev–Trinajstić information content (AvgIpc) is 2.76. The highest BCUT2D eigenvalue weighted by atomic mass is 127. The molecule has 102 valence electrons. The van der Waals surface area contributed by atoms with E-state index in [4.69, 9.17) is 5.11 Å². The lowest BCUT2D eigenvalue weighted by Gasteiger charge is -2.20. The molecule has 0 spiro atoms. The number of likely N-dealkylation sites (tertiary alicyclic amines) is 1. The first-order chi connectivity index (χ1) is 9.06. The number of amides is 1. The van der Waals surface area contributed by atoms with Crippen LogP contribution in [0.15, 0.2) is 24.3 Å². The summed E-state index contributed by atoms with van der Waals surface area (Å²) >= 11 is 2.17. The number of halogens is 1. The molecule has 1 amide bonds. The van der Waals surface area contributed by atoms with E-state index >= 15 is 0 Å². The molecule has 19 heavy (non-hydrogen) atoms. The Labute approximate surface area is 125 Å². The molecule has 2 N–H and O–H groups in total. The van der Waals surface area contributed by atoms with Crippen molar-refractivity contribution in [2.45, 2.75) is 18.9 Å². The Bertz CT molecular complexity index is 493. The van der Waals surface area contributed by atoms with Gasteiger partial charge in [0.05, 0.1) is 6.54 Å². The largest absolute Gasteiger partial charge is 0.480 e. The molecule has 1 aliphatic heterocycles. The zero-order chi connectivity index (χ0) is 13.8. The van der Waals surface area contributed by atoms with Gasteiger partial charge >= 0.3 is 5.97 Å². The molecule has 1 heterocycles. The summed E-state index contributed by atoms with van der Waals surface area (Å²) in [5.74, 6) is -1.02. The number of nitrogens with one attached hydrogen (secondary N) is 1. The third-order valence-corrected chi connectivity index (χ3v) is 3.77. The van der Waals surface area contributed by atoms with Crippen LogP contribution in [0.25, 0.3) is 0 Å². The SMILES string of the molecule is O=C(CN1CCC[C@@H]1C(=O)O)Nc1cccc(I)c1. The molecule has 1 fully saturated rings. The Balaban J connectivity index is 1.92. The summed E-state index contributed by atoms with van der Waals surface area (Å²) in [5, 5.41) is 11.8. The lowest BCUT2D eigenvalue weighted by Crippen LogP contribution is -2.40. The number of hydrogen-bond acceptors (Lipinski definition) is 3. The lowest BCUT2D eigenvalue weighted by molar-refractivity contribution is -0.142. The van der Waals surface area contributed by atoms with Gasteiger partial charge in [0.2, 0.25) is 5.91 Å². The Morgan fingerprint density at radius 1 is 1.47 bits per heavy atom. The molecule has 0 aliphatic carbocycles. The number of anilines is 1. The van der Waals surface area contributed by atoms with Crippen LogP contribution in [-0.4, -0.2) is 41.0 Å². The van der Waals surface area contributed by atoms with Gasteiger partial charge in [0.25, 0.3) is 0 Å². The molecule has 1 atom stereocenters. The highest BCUT2D eigenvalue weighted by Gasteiger charge is 2.31. The second kappa shape index (κ2) is 6.33. The maximum absolute atomic E-state index is 11.9. The number of carboxylic acid groups (broad SMARTS) is 1. The van der Waals surface area contributed by atoms with Crippen LogP contribution >= 0.6 is 22.6 Å². The molecule has 0 saturated carbocycles. The molecule has 6 heteroatoms. The molecule has 1 aromatic rings. The van der Waals surface area contributed by atoms with Crippen LogP contribution in [0.3, 0.4) is 0 Å². The maximum atomic E-state index is 11.9. The van der Waals surface area contributed by atoms with Gasteiger partial charge in [-0.3, -0.25) is 14.5 Å². The van der Waals surface area contributed by atoms with E-state index in [0.29, 0.717) is 13.0 Å². The number of carboxylic acids is 1. The minimum absolute atomic E-state index is 0.127. The third-order valence-electron chi connectivity index (χ3n) is 3.10. The number of nitrogens with zero attached hydrogens (tertiary/aromatic N) is 1. The van der Waals surface area contributed by atoms with Crippen LogP contribution in [0.1, 0.15) is 12.8 Å². The monoisotopic (exact) mass is 374 g/mol. The summed E-state index contributed by atoms with van der Waals surface area (Å²) in [6.07, 6.45) is 1.44. The van der Waals surface area contributed by atoms with Crippen LogP contribution in [0, 0.1) is 3.57 Å². The number of benzene rings is 1. The first kappa shape index (κ1) is 14.3. The standard InChI is InChI=1S/C13H15IN2O3/c14-9-3-1-4-10(7-9)15-12(17)8-16-6-2-5-11(16)13(18)19/h1,3-4,7,11H,2,5-6,8H2,(H,15,17)(H,18,19)/t11-/m1/s1. The summed E-state index contributed by atoms with van der Waals surface area (Å²) in [6, 6.07) is 6.97. The summed E-state index contributed by atoms with van der Waals surface area (Å²) in [7, 11) is 0. The van der Waals surface area contributed by atoms with Crippen LogP contribution in [0.4, 0.5) is 5.69 Å². The molecule has 2 rings (SSSR count). The number of hydrogen-bond donors (Lipinski definition) is 2. The summed E-state index contributed by atoms with van der Waals surface area (Å²) < 4.78 is 1.04. The number of aliphatic carboxylic acids is 1. The van der Waals surface area contributed by atoms with Crippen LogP contribution < -0.4 is 5.32 Å². The molecule has 0 unspecified atom stereocenters. The molecule has 1 saturated heterocycles. The molecule has 5 nitrogen and oxygen atoms in total. The molecular formula is C13H15IN2O3. The Hall–Kier alpha value is -1.15. The first-order valence-corrected chi connectivity index (χ1v) is 7.16. The van der Waals surface area contributed by atoms with Crippen molar-refractivity contribution in [1.82, 2.24) is 4.90 Å². The van der Waals surface area contributed by atoms with E-state index in [1.165, 1.54) is 0 Å².